The Morgan fingerprint density at radius 3 is 2.14 bits per heavy atom. The van der Waals surface area contributed by atoms with Crippen LogP contribution in [-0.2, 0) is 54.1 Å². The third-order valence-electron chi connectivity index (χ3n) is 17.6. The van der Waals surface area contributed by atoms with Gasteiger partial charge in [0.25, 0.3) is 0 Å². The molecule has 5 aliphatic rings. The molecule has 1 aromatic carbocycles. The molecule has 0 amide bonds. The highest BCUT2D eigenvalue weighted by Gasteiger charge is 2.61. The van der Waals surface area contributed by atoms with E-state index in [1.165, 1.54) is 11.8 Å². The minimum Gasteiger partial charge on any atom is -0.493 e. The second kappa shape index (κ2) is 27.9. The highest BCUT2D eigenvalue weighted by molar-refractivity contribution is 8.00. The summed E-state index contributed by atoms with van der Waals surface area (Å²) < 4.78 is 55.3. The average molecular weight is 1110 g/mol. The van der Waals surface area contributed by atoms with Crippen LogP contribution in [-0.4, -0.2) is 163 Å². The van der Waals surface area contributed by atoms with Crippen molar-refractivity contribution in [2.75, 3.05) is 52.6 Å². The number of ketones is 1. The molecule has 0 spiro atoms. The van der Waals surface area contributed by atoms with Crippen molar-refractivity contribution in [3.05, 3.63) is 48.3 Å². The Hall–Kier alpha value is -3.59. The molecular formula is C60H95N3O14S. The second-order valence-corrected chi connectivity index (χ2v) is 25.1. The number of hydrogen-bond donors (Lipinski definition) is 2. The standard InChI is InChI=1S/C52H78N2O12S.C8H17NO2/c1-13-41-52(9)43(46(49(58)66-52)67-25-24-54(30-36-20-22-53-23-21-36)37-18-19-39(59-10)40(26-37)63-38-16-14-15-17-38)33(4)44(55)31(2)27-50(7,60-11)28-32(3)45(34(5)48(57)64-41)65-42-29-51(8,61-12)47(56)35(6)62-42;1-6-4-7(9(2)3)5-8(10)11-6/h18-23,26,31-35,38,41-43,45-47,56H,13-17,24-25,27-30H2,1-12H3;6-8,10H,4-5H2,1-3H3/t31-,32-,33?,34?,35?,41-,42?,43?,45+,46?,47+,50?,51?,52-;/m1./s1. The molecule has 4 aliphatic heterocycles. The summed E-state index contributed by atoms with van der Waals surface area (Å²) in [6.07, 6.45) is 6.95. The molecule has 11 unspecified atom stereocenters. The number of benzene rings is 1. The molecule has 1 aliphatic carbocycles. The lowest BCUT2D eigenvalue weighted by Crippen LogP contribution is -2.57. The van der Waals surface area contributed by atoms with Crippen LogP contribution < -0.4 is 14.4 Å². The first-order chi connectivity index (χ1) is 36.9. The van der Waals surface area contributed by atoms with Gasteiger partial charge in [-0.1, -0.05) is 27.7 Å². The van der Waals surface area contributed by atoms with E-state index in [1.54, 1.807) is 47.6 Å². The largest absolute Gasteiger partial charge is 0.493 e. The van der Waals surface area contributed by atoms with Crippen molar-refractivity contribution in [3.63, 3.8) is 0 Å². The molecule has 2 N–H and O–H groups in total. The number of pyridine rings is 1. The number of aromatic nitrogens is 1. The van der Waals surface area contributed by atoms with Crippen LogP contribution in [0.15, 0.2) is 42.7 Å². The molecule has 17 nitrogen and oxygen atoms in total. The maximum atomic E-state index is 14.9. The van der Waals surface area contributed by atoms with Gasteiger partial charge in [0.1, 0.15) is 23.2 Å². The SMILES string of the molecule is CC1CC(N(C)C)CC(O)O1.CC[C@H]1OC(=O)C(C)[C@@H](OC2CC(C)(OC)[C@@H](O)C(C)O2)[C@H](C)CC(C)(OC)C[C@@H](C)C(=O)C(C)C2C(SCCN(Cc3ccncc3)c3ccc(OC)c(OC4CCCC4)c3)C(=O)O[C@@]21C. The number of esters is 2. The first-order valence-corrected chi connectivity index (χ1v) is 29.6. The van der Waals surface area contributed by atoms with Gasteiger partial charge in [0.15, 0.2) is 29.7 Å². The first-order valence-electron chi connectivity index (χ1n) is 28.6. The number of aliphatic hydroxyl groups excluding tert-OH is 2. The van der Waals surface area contributed by atoms with Crippen molar-refractivity contribution < 1.29 is 67.2 Å². The zero-order valence-electron chi connectivity index (χ0n) is 49.4. The van der Waals surface area contributed by atoms with Crippen LogP contribution in [0.2, 0.25) is 0 Å². The molecule has 0 bridgehead atoms. The Labute approximate surface area is 469 Å². The Balaban J connectivity index is 0.000000796. The fourth-order valence-corrected chi connectivity index (χ4v) is 14.4. The Morgan fingerprint density at radius 1 is 0.833 bits per heavy atom. The molecule has 4 saturated heterocycles. The number of rotatable bonds is 16. The summed E-state index contributed by atoms with van der Waals surface area (Å²) in [5.41, 5.74) is -1.04. The van der Waals surface area contributed by atoms with Crippen LogP contribution in [0.25, 0.3) is 0 Å². The zero-order valence-corrected chi connectivity index (χ0v) is 50.3. The topological polar surface area (TPSA) is 194 Å². The van der Waals surface area contributed by atoms with Gasteiger partial charge in [0, 0.05) is 93.8 Å². The first kappa shape index (κ1) is 63.6. The zero-order chi connectivity index (χ0) is 57.3. The number of carbonyl (C=O) groups is 3. The predicted octanol–water partition coefficient (Wildman–Crippen LogP) is 8.81. The van der Waals surface area contributed by atoms with Gasteiger partial charge in [0.05, 0.1) is 48.6 Å². The second-order valence-electron chi connectivity index (χ2n) is 23.8. The summed E-state index contributed by atoms with van der Waals surface area (Å²) in [5.74, 6) is -1.83. The van der Waals surface area contributed by atoms with Gasteiger partial charge in [-0.3, -0.25) is 19.4 Å². The summed E-state index contributed by atoms with van der Waals surface area (Å²) in [6, 6.07) is 10.5. The van der Waals surface area contributed by atoms with Gasteiger partial charge >= 0.3 is 11.9 Å². The van der Waals surface area contributed by atoms with Gasteiger partial charge in [-0.2, -0.15) is 0 Å². The minimum atomic E-state index is -1.33. The van der Waals surface area contributed by atoms with Gasteiger partial charge < -0.3 is 62.6 Å². The molecule has 5 heterocycles. The molecule has 17 atom stereocenters. The molecule has 78 heavy (non-hydrogen) atoms. The number of cyclic esters (lactones) is 1. The highest BCUT2D eigenvalue weighted by Crippen LogP contribution is 2.49. The molecule has 7 rings (SSSR count). The number of thioether (sulfide) groups is 1. The Morgan fingerprint density at radius 2 is 1.53 bits per heavy atom. The third kappa shape index (κ3) is 15.5. The number of ether oxygens (including phenoxy) is 9. The fraction of sp³-hybridized carbons (Fsp3) is 0.767. The van der Waals surface area contributed by atoms with Crippen LogP contribution in [0.1, 0.15) is 139 Å². The summed E-state index contributed by atoms with van der Waals surface area (Å²) in [4.78, 5) is 52.5. The van der Waals surface area contributed by atoms with E-state index >= 15 is 0 Å². The van der Waals surface area contributed by atoms with Crippen molar-refractivity contribution in [2.45, 2.75) is 217 Å². The van der Waals surface area contributed by atoms with Crippen molar-refractivity contribution in [2.24, 2.45) is 29.6 Å². The Bertz CT molecular complexity index is 2230. The van der Waals surface area contributed by atoms with Crippen molar-refractivity contribution in [1.29, 1.82) is 0 Å². The van der Waals surface area contributed by atoms with E-state index in [-0.39, 0.29) is 30.3 Å². The minimum absolute atomic E-state index is 0.00944. The molecular weight excluding hydrogens is 1020 g/mol. The lowest BCUT2D eigenvalue weighted by atomic mass is 9.70. The van der Waals surface area contributed by atoms with Crippen LogP contribution in [0, 0.1) is 29.6 Å². The third-order valence-corrected chi connectivity index (χ3v) is 18.8. The lowest BCUT2D eigenvalue weighted by molar-refractivity contribution is -0.296. The predicted molar refractivity (Wildman–Crippen MR) is 300 cm³/mol. The van der Waals surface area contributed by atoms with Gasteiger partial charge in [-0.05, 0) is 143 Å². The average Bonchev–Trinajstić information content (AvgIpc) is 4.12. The van der Waals surface area contributed by atoms with Gasteiger partial charge in [-0.25, -0.2) is 0 Å². The number of hydrogen-bond acceptors (Lipinski definition) is 18. The normalized spacial score (nSPS) is 37.1. The highest BCUT2D eigenvalue weighted by atomic mass is 32.2. The number of methoxy groups -OCH3 is 3. The molecule has 2 aromatic rings. The summed E-state index contributed by atoms with van der Waals surface area (Å²) >= 11 is 1.48. The maximum absolute atomic E-state index is 14.9. The van der Waals surface area contributed by atoms with Crippen molar-refractivity contribution >= 4 is 35.2 Å². The van der Waals surface area contributed by atoms with Gasteiger partial charge in [-0.15, -0.1) is 11.8 Å². The van der Waals surface area contributed by atoms with Gasteiger partial charge in [0.2, 0.25) is 0 Å². The van der Waals surface area contributed by atoms with E-state index in [0.29, 0.717) is 55.6 Å². The molecule has 0 radical (unpaired) electrons. The summed E-state index contributed by atoms with van der Waals surface area (Å²) in [7, 11) is 8.93. The van der Waals surface area contributed by atoms with E-state index in [1.807, 2.05) is 99.8 Å². The van der Waals surface area contributed by atoms with E-state index < -0.39 is 94.7 Å². The molecule has 440 valence electrons. The van der Waals surface area contributed by atoms with Crippen LogP contribution in [0.3, 0.4) is 0 Å². The number of carbonyl (C=O) groups excluding carboxylic acids is 3. The van der Waals surface area contributed by atoms with Crippen LogP contribution in [0.5, 0.6) is 11.5 Å². The number of Topliss-reactive ketones (excluding diaryl/α,β-unsaturated/α-hetero) is 1. The summed E-state index contributed by atoms with van der Waals surface area (Å²) in [6.45, 7) is 20.1. The number of anilines is 1. The van der Waals surface area contributed by atoms with Crippen LogP contribution >= 0.6 is 11.8 Å². The number of aliphatic hydroxyl groups is 2. The Kier molecular flexibility index (Phi) is 22.8. The fourth-order valence-electron chi connectivity index (χ4n) is 12.9. The molecule has 18 heteroatoms. The van der Waals surface area contributed by atoms with Crippen LogP contribution in [0.4, 0.5) is 5.69 Å². The van der Waals surface area contributed by atoms with Crippen molar-refractivity contribution in [3.8, 4) is 11.5 Å². The lowest BCUT2D eigenvalue weighted by Gasteiger charge is -2.46. The molecule has 1 saturated carbocycles. The van der Waals surface area contributed by atoms with E-state index in [9.17, 15) is 24.6 Å². The van der Waals surface area contributed by atoms with Crippen molar-refractivity contribution in [1.82, 2.24) is 9.88 Å². The molecule has 5 fully saturated rings. The number of fused-ring (bicyclic) bond motifs is 1. The quantitative estimate of drug-likeness (QED) is 0.151. The van der Waals surface area contributed by atoms with E-state index in [0.717, 1.165) is 49.8 Å². The van der Waals surface area contributed by atoms with E-state index in [2.05, 4.69) is 14.8 Å². The molecule has 1 aromatic heterocycles. The van der Waals surface area contributed by atoms with E-state index in [4.69, 9.17) is 42.6 Å². The number of nitrogens with zero attached hydrogens (tertiary/aromatic N) is 3. The monoisotopic (exact) mass is 1110 g/mol. The summed E-state index contributed by atoms with van der Waals surface area (Å²) in [5, 5.41) is 19.5. The maximum Gasteiger partial charge on any atom is 0.320 e. The smallest absolute Gasteiger partial charge is 0.320 e.